The molecule has 0 aliphatic carbocycles. The van der Waals surface area contributed by atoms with Crippen LogP contribution in [0.25, 0.3) is 6.08 Å². The van der Waals surface area contributed by atoms with Crippen molar-refractivity contribution in [3.63, 3.8) is 0 Å². The third-order valence-corrected chi connectivity index (χ3v) is 3.65. The third kappa shape index (κ3) is 5.21. The van der Waals surface area contributed by atoms with E-state index in [0.29, 0.717) is 6.54 Å². The van der Waals surface area contributed by atoms with E-state index in [4.69, 9.17) is 0 Å². The molecule has 5 nitrogen and oxygen atoms in total. The smallest absolute Gasteiger partial charge is 0.373 e. The monoisotopic (exact) mass is 339 g/mol. The zero-order valence-electron chi connectivity index (χ0n) is 14.3. The van der Waals surface area contributed by atoms with E-state index in [9.17, 15) is 14.7 Å². The number of aryl methyl sites for hydroxylation is 1. The van der Waals surface area contributed by atoms with E-state index in [2.05, 4.69) is 23.8 Å². The number of aliphatic hydroxyl groups excluding tert-OH is 1. The van der Waals surface area contributed by atoms with Gasteiger partial charge in [0.05, 0.1) is 6.61 Å². The molecule has 0 atom stereocenters. The molecule has 2 rings (SSSR count). The summed E-state index contributed by atoms with van der Waals surface area (Å²) in [5.41, 5.74) is 3.24. The van der Waals surface area contributed by atoms with Crippen LogP contribution in [0, 0.1) is 6.92 Å². The molecule has 0 amide bonds. The molecule has 0 bridgehead atoms. The van der Waals surface area contributed by atoms with Crippen LogP contribution < -0.4 is 0 Å². The van der Waals surface area contributed by atoms with Crippen LogP contribution in [-0.4, -0.2) is 28.0 Å². The number of carbonyl (C=O) groups is 2. The number of carbonyl (C=O) groups excluding carboxylic acids is 2. The lowest BCUT2D eigenvalue weighted by molar-refractivity contribution is -0.141. The second kappa shape index (κ2) is 8.68. The van der Waals surface area contributed by atoms with Crippen LogP contribution in [-0.2, 0) is 20.9 Å². The van der Waals surface area contributed by atoms with Crippen LogP contribution in [0.4, 0.5) is 0 Å². The molecule has 0 fully saturated rings. The molecule has 0 unspecified atom stereocenters. The van der Waals surface area contributed by atoms with E-state index in [-0.39, 0.29) is 6.61 Å². The maximum absolute atomic E-state index is 11.8. The van der Waals surface area contributed by atoms with Gasteiger partial charge < -0.3 is 14.4 Å². The standard InChI is InChI=1S/C20H21NO4/c1-3-25-20(24)19(23)13-18(22)11-10-17-9-6-12-21(17)14-16-8-5-4-7-15(16)2/h4-13,23H,3,14H2,1-2H3/b11-10+,19-13-. The Labute approximate surface area is 146 Å². The highest BCUT2D eigenvalue weighted by Gasteiger charge is 2.09. The second-order valence-electron chi connectivity index (χ2n) is 5.47. The number of benzene rings is 1. The molecule has 1 N–H and O–H groups in total. The number of nitrogens with zero attached hydrogens (tertiary/aromatic N) is 1. The predicted octanol–water partition coefficient (Wildman–Crippen LogP) is 3.43. The van der Waals surface area contributed by atoms with Gasteiger partial charge in [0.1, 0.15) is 0 Å². The first kappa shape index (κ1) is 18.3. The van der Waals surface area contributed by atoms with Crippen LogP contribution in [0.3, 0.4) is 0 Å². The molecule has 0 saturated carbocycles. The topological polar surface area (TPSA) is 68.5 Å². The summed E-state index contributed by atoms with van der Waals surface area (Å²) in [7, 11) is 0. The Balaban J connectivity index is 2.09. The van der Waals surface area contributed by atoms with Crippen LogP contribution in [0.15, 0.2) is 60.5 Å². The minimum absolute atomic E-state index is 0.132. The molecule has 0 saturated heterocycles. The maximum atomic E-state index is 11.8. The van der Waals surface area contributed by atoms with Crippen LogP contribution in [0.2, 0.25) is 0 Å². The Hall–Kier alpha value is -3.08. The summed E-state index contributed by atoms with van der Waals surface area (Å²) in [6, 6.07) is 11.9. The number of ketones is 1. The molecule has 0 spiro atoms. The highest BCUT2D eigenvalue weighted by atomic mass is 16.5. The molecular weight excluding hydrogens is 318 g/mol. The van der Waals surface area contributed by atoms with Crippen molar-refractivity contribution in [2.24, 2.45) is 0 Å². The fourth-order valence-corrected chi connectivity index (χ4v) is 2.31. The van der Waals surface area contributed by atoms with Gasteiger partial charge in [-0.05, 0) is 49.3 Å². The molecule has 1 aromatic carbocycles. The molecule has 0 aliphatic heterocycles. The summed E-state index contributed by atoms with van der Waals surface area (Å²) in [6.45, 7) is 4.50. The van der Waals surface area contributed by atoms with E-state index in [1.807, 2.05) is 35.0 Å². The SMILES string of the molecule is CCOC(=O)/C(O)=C/C(=O)/C=C/c1cccn1Cc1ccccc1C. The Morgan fingerprint density at radius 3 is 2.68 bits per heavy atom. The maximum Gasteiger partial charge on any atom is 0.373 e. The molecule has 25 heavy (non-hydrogen) atoms. The largest absolute Gasteiger partial charge is 0.502 e. The van der Waals surface area contributed by atoms with E-state index in [0.717, 1.165) is 11.8 Å². The lowest BCUT2D eigenvalue weighted by Gasteiger charge is -2.09. The Bertz CT molecular complexity index is 815. The molecule has 1 aromatic heterocycles. The first-order chi connectivity index (χ1) is 12.0. The van der Waals surface area contributed by atoms with Gasteiger partial charge in [0.2, 0.25) is 5.76 Å². The average molecular weight is 339 g/mol. The molecule has 2 aromatic rings. The number of aromatic nitrogens is 1. The molecule has 5 heteroatoms. The first-order valence-corrected chi connectivity index (χ1v) is 8.00. The zero-order chi connectivity index (χ0) is 18.2. The van der Waals surface area contributed by atoms with Gasteiger partial charge in [-0.1, -0.05) is 24.3 Å². The lowest BCUT2D eigenvalue weighted by atomic mass is 10.1. The summed E-state index contributed by atoms with van der Waals surface area (Å²) < 4.78 is 6.63. The Morgan fingerprint density at radius 1 is 1.20 bits per heavy atom. The summed E-state index contributed by atoms with van der Waals surface area (Å²) in [5.74, 6) is -2.10. The summed E-state index contributed by atoms with van der Waals surface area (Å²) in [4.78, 5) is 23.1. The van der Waals surface area contributed by atoms with Crippen molar-refractivity contribution in [3.05, 3.63) is 77.3 Å². The number of allylic oxidation sites excluding steroid dienone is 2. The van der Waals surface area contributed by atoms with Crippen molar-refractivity contribution in [2.45, 2.75) is 20.4 Å². The third-order valence-electron chi connectivity index (χ3n) is 3.65. The van der Waals surface area contributed by atoms with Gasteiger partial charge in [0, 0.05) is 24.5 Å². The number of hydrogen-bond acceptors (Lipinski definition) is 4. The highest BCUT2D eigenvalue weighted by molar-refractivity contribution is 6.05. The number of rotatable bonds is 7. The molecule has 1 heterocycles. The number of aliphatic hydroxyl groups is 1. The predicted molar refractivity (Wildman–Crippen MR) is 96.1 cm³/mol. The van der Waals surface area contributed by atoms with Gasteiger partial charge in [-0.25, -0.2) is 4.79 Å². The van der Waals surface area contributed by atoms with Crippen molar-refractivity contribution in [1.29, 1.82) is 0 Å². The summed E-state index contributed by atoms with van der Waals surface area (Å²) in [6.07, 6.45) is 5.74. The number of hydrogen-bond donors (Lipinski definition) is 1. The normalized spacial score (nSPS) is 11.7. The van der Waals surface area contributed by atoms with Gasteiger partial charge in [-0.15, -0.1) is 0 Å². The van der Waals surface area contributed by atoms with E-state index in [1.54, 1.807) is 13.0 Å². The van der Waals surface area contributed by atoms with Gasteiger partial charge in [-0.2, -0.15) is 0 Å². The van der Waals surface area contributed by atoms with E-state index in [1.165, 1.54) is 17.2 Å². The molecule has 130 valence electrons. The minimum Gasteiger partial charge on any atom is -0.502 e. The number of ether oxygens (including phenoxy) is 1. The Kier molecular flexibility index (Phi) is 6.34. The molecule has 0 aliphatic rings. The highest BCUT2D eigenvalue weighted by Crippen LogP contribution is 2.13. The quantitative estimate of drug-likeness (QED) is 0.477. The second-order valence-corrected chi connectivity index (χ2v) is 5.47. The minimum atomic E-state index is -0.910. The van der Waals surface area contributed by atoms with Crippen molar-refractivity contribution < 1.29 is 19.4 Å². The fraction of sp³-hybridized carbons (Fsp3) is 0.200. The fourth-order valence-electron chi connectivity index (χ4n) is 2.31. The van der Waals surface area contributed by atoms with Crippen molar-refractivity contribution in [1.82, 2.24) is 4.57 Å². The number of esters is 1. The summed E-state index contributed by atoms with van der Waals surface area (Å²) in [5, 5.41) is 9.48. The van der Waals surface area contributed by atoms with E-state index < -0.39 is 17.5 Å². The lowest BCUT2D eigenvalue weighted by Crippen LogP contribution is -2.08. The van der Waals surface area contributed by atoms with Gasteiger partial charge in [0.25, 0.3) is 0 Å². The van der Waals surface area contributed by atoms with Crippen LogP contribution in [0.1, 0.15) is 23.7 Å². The van der Waals surface area contributed by atoms with Crippen LogP contribution >= 0.6 is 0 Å². The van der Waals surface area contributed by atoms with Gasteiger partial charge >= 0.3 is 5.97 Å². The van der Waals surface area contributed by atoms with Crippen LogP contribution in [0.5, 0.6) is 0 Å². The average Bonchev–Trinajstić information content (AvgIpc) is 3.02. The zero-order valence-corrected chi connectivity index (χ0v) is 14.3. The van der Waals surface area contributed by atoms with E-state index >= 15 is 0 Å². The first-order valence-electron chi connectivity index (χ1n) is 8.00. The summed E-state index contributed by atoms with van der Waals surface area (Å²) >= 11 is 0. The van der Waals surface area contributed by atoms with Crippen molar-refractivity contribution in [3.8, 4) is 0 Å². The Morgan fingerprint density at radius 2 is 1.96 bits per heavy atom. The van der Waals surface area contributed by atoms with Gasteiger partial charge in [-0.3, -0.25) is 4.79 Å². The van der Waals surface area contributed by atoms with Crippen molar-refractivity contribution in [2.75, 3.05) is 6.61 Å². The van der Waals surface area contributed by atoms with Gasteiger partial charge in [0.15, 0.2) is 5.78 Å². The van der Waals surface area contributed by atoms with Crippen molar-refractivity contribution >= 4 is 17.8 Å². The molecular formula is C20H21NO4. The molecule has 0 radical (unpaired) electrons.